The number of nitriles is 2. The van der Waals surface area contributed by atoms with Crippen molar-refractivity contribution in [3.63, 3.8) is 0 Å². The maximum Gasteiger partial charge on any atom is 0.176 e. The largest absolute Gasteiger partial charge is 0.399 e. The quantitative estimate of drug-likeness (QED) is 0.832. The number of hydrogen-bond donors (Lipinski definition) is 1. The highest BCUT2D eigenvalue weighted by Crippen LogP contribution is 2.20. The van der Waals surface area contributed by atoms with Crippen molar-refractivity contribution < 1.29 is 0 Å². The van der Waals surface area contributed by atoms with Crippen LogP contribution in [0.25, 0.3) is 0 Å². The standard InChI is InChI=1S/C12H8ClN5/c13-10-2-1-9(16)3-8(10)6-18-7-17-11(4-14)12(18)5-15/h1-3,7H,6,16H2. The highest BCUT2D eigenvalue weighted by atomic mass is 35.5. The highest BCUT2D eigenvalue weighted by molar-refractivity contribution is 6.31. The van der Waals surface area contributed by atoms with Crippen LogP contribution in [0.5, 0.6) is 0 Å². The van der Waals surface area contributed by atoms with Gasteiger partial charge in [-0.05, 0) is 23.8 Å². The number of nitrogen functional groups attached to an aromatic ring is 1. The number of rotatable bonds is 2. The van der Waals surface area contributed by atoms with Crippen molar-refractivity contribution in [2.75, 3.05) is 5.73 Å². The topological polar surface area (TPSA) is 91.4 Å². The van der Waals surface area contributed by atoms with E-state index in [1.807, 2.05) is 12.1 Å². The van der Waals surface area contributed by atoms with Gasteiger partial charge in [0.1, 0.15) is 12.1 Å². The molecule has 0 saturated carbocycles. The first kappa shape index (κ1) is 12.0. The summed E-state index contributed by atoms with van der Waals surface area (Å²) in [6.45, 7) is 0.349. The van der Waals surface area contributed by atoms with E-state index >= 15 is 0 Å². The van der Waals surface area contributed by atoms with Crippen molar-refractivity contribution in [3.05, 3.63) is 46.5 Å². The normalized spacial score (nSPS) is 9.72. The van der Waals surface area contributed by atoms with Gasteiger partial charge in [-0.15, -0.1) is 0 Å². The summed E-state index contributed by atoms with van der Waals surface area (Å²) in [4.78, 5) is 3.86. The molecule has 0 aliphatic heterocycles. The molecule has 1 aromatic carbocycles. The van der Waals surface area contributed by atoms with Crippen LogP contribution in [0, 0.1) is 22.7 Å². The third-order valence-corrected chi connectivity index (χ3v) is 2.83. The summed E-state index contributed by atoms with van der Waals surface area (Å²) in [7, 11) is 0. The third kappa shape index (κ3) is 2.13. The van der Waals surface area contributed by atoms with E-state index in [1.165, 1.54) is 6.33 Å². The van der Waals surface area contributed by atoms with Gasteiger partial charge in [-0.3, -0.25) is 0 Å². The second-order valence-electron chi connectivity index (χ2n) is 3.64. The Labute approximate surface area is 109 Å². The first-order valence-corrected chi connectivity index (χ1v) is 5.42. The van der Waals surface area contributed by atoms with E-state index in [0.29, 0.717) is 17.3 Å². The van der Waals surface area contributed by atoms with E-state index in [0.717, 1.165) is 5.56 Å². The van der Waals surface area contributed by atoms with Gasteiger partial charge in [-0.2, -0.15) is 10.5 Å². The number of nitrogens with zero attached hydrogens (tertiary/aromatic N) is 4. The molecular weight excluding hydrogens is 250 g/mol. The first-order chi connectivity index (χ1) is 8.65. The molecule has 0 atom stereocenters. The summed E-state index contributed by atoms with van der Waals surface area (Å²) in [6, 6.07) is 8.95. The number of hydrogen-bond acceptors (Lipinski definition) is 4. The molecule has 2 N–H and O–H groups in total. The van der Waals surface area contributed by atoms with Crippen molar-refractivity contribution >= 4 is 17.3 Å². The Kier molecular flexibility index (Phi) is 3.18. The molecule has 0 spiro atoms. The van der Waals surface area contributed by atoms with Gasteiger partial charge in [-0.25, -0.2) is 4.98 Å². The number of benzene rings is 1. The van der Waals surface area contributed by atoms with Crippen LogP contribution in [0.3, 0.4) is 0 Å². The Morgan fingerprint density at radius 1 is 1.33 bits per heavy atom. The summed E-state index contributed by atoms with van der Waals surface area (Å²) in [6.07, 6.45) is 1.44. The zero-order chi connectivity index (χ0) is 13.1. The Balaban J connectivity index is 2.41. The molecule has 2 aromatic rings. The predicted octanol–water partition coefficient (Wildman–Crippen LogP) is 1.91. The van der Waals surface area contributed by atoms with Crippen molar-refractivity contribution in [2.24, 2.45) is 0 Å². The fraction of sp³-hybridized carbons (Fsp3) is 0.0833. The minimum absolute atomic E-state index is 0.109. The molecule has 0 aliphatic rings. The lowest BCUT2D eigenvalue weighted by atomic mass is 10.2. The lowest BCUT2D eigenvalue weighted by molar-refractivity contribution is 0.786. The molecular formula is C12H8ClN5. The molecule has 6 heteroatoms. The van der Waals surface area contributed by atoms with E-state index < -0.39 is 0 Å². The number of anilines is 1. The second kappa shape index (κ2) is 4.79. The number of aromatic nitrogens is 2. The summed E-state index contributed by atoms with van der Waals surface area (Å²) in [5.74, 6) is 0. The molecule has 18 heavy (non-hydrogen) atoms. The minimum Gasteiger partial charge on any atom is -0.399 e. The molecule has 0 radical (unpaired) electrons. The summed E-state index contributed by atoms with van der Waals surface area (Å²) >= 11 is 6.05. The van der Waals surface area contributed by atoms with Crippen LogP contribution in [0.1, 0.15) is 17.0 Å². The van der Waals surface area contributed by atoms with Crippen LogP contribution in [-0.2, 0) is 6.54 Å². The van der Waals surface area contributed by atoms with Gasteiger partial charge in [0.15, 0.2) is 11.4 Å². The average Bonchev–Trinajstić information content (AvgIpc) is 2.75. The van der Waals surface area contributed by atoms with Crippen LogP contribution in [0.2, 0.25) is 5.02 Å². The smallest absolute Gasteiger partial charge is 0.176 e. The van der Waals surface area contributed by atoms with E-state index in [4.69, 9.17) is 27.9 Å². The fourth-order valence-corrected chi connectivity index (χ4v) is 1.78. The van der Waals surface area contributed by atoms with Crippen LogP contribution in [0.15, 0.2) is 24.5 Å². The Bertz CT molecular complexity index is 675. The SMILES string of the molecule is N#Cc1ncn(Cc2cc(N)ccc2Cl)c1C#N. The maximum absolute atomic E-state index is 9.00. The van der Waals surface area contributed by atoms with Crippen molar-refractivity contribution in [1.29, 1.82) is 10.5 Å². The van der Waals surface area contributed by atoms with Gasteiger partial charge >= 0.3 is 0 Å². The van der Waals surface area contributed by atoms with E-state index in [1.54, 1.807) is 22.8 Å². The van der Waals surface area contributed by atoms with E-state index in [9.17, 15) is 0 Å². The number of imidazole rings is 1. The molecule has 2 rings (SSSR count). The Morgan fingerprint density at radius 3 is 2.78 bits per heavy atom. The van der Waals surface area contributed by atoms with Crippen molar-refractivity contribution in [3.8, 4) is 12.1 Å². The lowest BCUT2D eigenvalue weighted by Crippen LogP contribution is -2.03. The molecule has 0 bridgehead atoms. The lowest BCUT2D eigenvalue weighted by Gasteiger charge is -2.07. The summed E-state index contributed by atoms with van der Waals surface area (Å²) < 4.78 is 1.57. The molecule has 0 aliphatic carbocycles. The zero-order valence-electron chi connectivity index (χ0n) is 9.26. The molecule has 0 fully saturated rings. The van der Waals surface area contributed by atoms with Gasteiger partial charge < -0.3 is 10.3 Å². The molecule has 88 valence electrons. The summed E-state index contributed by atoms with van der Waals surface area (Å²) in [5, 5.41) is 18.4. The van der Waals surface area contributed by atoms with Gasteiger partial charge in [0.25, 0.3) is 0 Å². The van der Waals surface area contributed by atoms with Crippen LogP contribution in [0.4, 0.5) is 5.69 Å². The van der Waals surface area contributed by atoms with Crippen LogP contribution in [-0.4, -0.2) is 9.55 Å². The Morgan fingerprint density at radius 2 is 2.11 bits per heavy atom. The van der Waals surface area contributed by atoms with Gasteiger partial charge in [0.2, 0.25) is 0 Å². The van der Waals surface area contributed by atoms with Crippen LogP contribution >= 0.6 is 11.6 Å². The Hall–Kier alpha value is -2.50. The number of halogens is 1. The summed E-state index contributed by atoms with van der Waals surface area (Å²) in [5.41, 5.74) is 7.37. The molecule has 1 aromatic heterocycles. The van der Waals surface area contributed by atoms with E-state index in [2.05, 4.69) is 4.98 Å². The molecule has 5 nitrogen and oxygen atoms in total. The van der Waals surface area contributed by atoms with Gasteiger partial charge in [0, 0.05) is 10.7 Å². The maximum atomic E-state index is 9.00. The highest BCUT2D eigenvalue weighted by Gasteiger charge is 2.11. The molecule has 0 amide bonds. The third-order valence-electron chi connectivity index (χ3n) is 2.46. The minimum atomic E-state index is 0.109. The monoisotopic (exact) mass is 257 g/mol. The van der Waals surface area contributed by atoms with Gasteiger partial charge in [0.05, 0.1) is 12.9 Å². The predicted molar refractivity (Wildman–Crippen MR) is 66.6 cm³/mol. The average molecular weight is 258 g/mol. The molecule has 0 unspecified atom stereocenters. The van der Waals surface area contributed by atoms with Crippen molar-refractivity contribution in [1.82, 2.24) is 9.55 Å². The second-order valence-corrected chi connectivity index (χ2v) is 4.05. The molecule has 0 saturated heterocycles. The van der Waals surface area contributed by atoms with Crippen molar-refractivity contribution in [2.45, 2.75) is 6.54 Å². The van der Waals surface area contributed by atoms with Crippen LogP contribution < -0.4 is 5.73 Å². The van der Waals surface area contributed by atoms with E-state index in [-0.39, 0.29) is 11.4 Å². The number of nitrogens with two attached hydrogens (primary N) is 1. The van der Waals surface area contributed by atoms with Gasteiger partial charge in [-0.1, -0.05) is 11.6 Å². The zero-order valence-corrected chi connectivity index (χ0v) is 10.0. The molecule has 1 heterocycles. The fourth-order valence-electron chi connectivity index (χ4n) is 1.60. The first-order valence-electron chi connectivity index (χ1n) is 5.05.